The van der Waals surface area contributed by atoms with E-state index in [0.717, 1.165) is 24.3 Å². The second kappa shape index (κ2) is 7.06. The van der Waals surface area contributed by atoms with Crippen molar-refractivity contribution in [2.24, 2.45) is 0 Å². The zero-order valence-electron chi connectivity index (χ0n) is 12.5. The summed E-state index contributed by atoms with van der Waals surface area (Å²) in [5.74, 6) is 0.587. The molecule has 2 heterocycles. The van der Waals surface area contributed by atoms with E-state index in [0.29, 0.717) is 19.0 Å². The Labute approximate surface area is 133 Å². The molecule has 120 valence electrons. The standard InChI is InChI=1S/C16H17N3O4/c20-19(21)14-3-1-13(2-4-14)18-10-12-5-7-17-16(9-12)23-15-6-8-22-11-15/h1-5,7,9,15,18H,6,8,10-11H2. The number of nitrogens with zero attached hydrogens (tertiary/aromatic N) is 2. The fourth-order valence-electron chi connectivity index (χ4n) is 2.31. The predicted molar refractivity (Wildman–Crippen MR) is 84.5 cm³/mol. The highest BCUT2D eigenvalue weighted by atomic mass is 16.6. The van der Waals surface area contributed by atoms with Crippen molar-refractivity contribution < 1.29 is 14.4 Å². The third-order valence-electron chi connectivity index (χ3n) is 3.55. The molecule has 0 bridgehead atoms. The van der Waals surface area contributed by atoms with E-state index in [1.807, 2.05) is 12.1 Å². The van der Waals surface area contributed by atoms with Crippen LogP contribution in [0.15, 0.2) is 42.6 Å². The second-order valence-corrected chi connectivity index (χ2v) is 5.26. The second-order valence-electron chi connectivity index (χ2n) is 5.26. The van der Waals surface area contributed by atoms with Crippen LogP contribution in [0.2, 0.25) is 0 Å². The van der Waals surface area contributed by atoms with Crippen LogP contribution in [0.3, 0.4) is 0 Å². The summed E-state index contributed by atoms with van der Waals surface area (Å²) in [5.41, 5.74) is 1.92. The molecule has 0 amide bonds. The minimum absolute atomic E-state index is 0.0698. The number of rotatable bonds is 6. The van der Waals surface area contributed by atoms with E-state index in [9.17, 15) is 10.1 Å². The summed E-state index contributed by atoms with van der Waals surface area (Å²) >= 11 is 0. The van der Waals surface area contributed by atoms with Crippen LogP contribution in [0, 0.1) is 10.1 Å². The van der Waals surface area contributed by atoms with Gasteiger partial charge in [0.1, 0.15) is 6.10 Å². The number of nitro groups is 1. The maximum absolute atomic E-state index is 10.6. The van der Waals surface area contributed by atoms with Crippen LogP contribution >= 0.6 is 0 Å². The van der Waals surface area contributed by atoms with Crippen LogP contribution in [0.1, 0.15) is 12.0 Å². The number of pyridine rings is 1. The van der Waals surface area contributed by atoms with Gasteiger partial charge in [-0.1, -0.05) is 0 Å². The van der Waals surface area contributed by atoms with Gasteiger partial charge in [-0.2, -0.15) is 0 Å². The minimum Gasteiger partial charge on any atom is -0.472 e. The highest BCUT2D eigenvalue weighted by molar-refractivity contribution is 5.48. The molecule has 1 saturated heterocycles. The zero-order valence-corrected chi connectivity index (χ0v) is 12.5. The van der Waals surface area contributed by atoms with Crippen molar-refractivity contribution >= 4 is 11.4 Å². The normalized spacial score (nSPS) is 17.0. The molecule has 1 N–H and O–H groups in total. The summed E-state index contributed by atoms with van der Waals surface area (Å²) in [7, 11) is 0. The third-order valence-corrected chi connectivity index (χ3v) is 3.55. The number of hydrogen-bond acceptors (Lipinski definition) is 6. The summed E-state index contributed by atoms with van der Waals surface area (Å²) in [6, 6.07) is 10.1. The molecular weight excluding hydrogens is 298 g/mol. The summed E-state index contributed by atoms with van der Waals surface area (Å²) in [6.07, 6.45) is 2.66. The Morgan fingerprint density at radius 3 is 2.87 bits per heavy atom. The van der Waals surface area contributed by atoms with Gasteiger partial charge in [0.2, 0.25) is 5.88 Å². The number of nitrogens with one attached hydrogen (secondary N) is 1. The number of non-ortho nitro benzene ring substituents is 1. The van der Waals surface area contributed by atoms with Crippen molar-refractivity contribution in [2.45, 2.75) is 19.1 Å². The summed E-state index contributed by atoms with van der Waals surface area (Å²) in [6.45, 7) is 1.91. The lowest BCUT2D eigenvalue weighted by Gasteiger charge is -2.12. The van der Waals surface area contributed by atoms with E-state index in [2.05, 4.69) is 10.3 Å². The molecule has 0 spiro atoms. The number of nitro benzene ring substituents is 1. The van der Waals surface area contributed by atoms with Gasteiger partial charge >= 0.3 is 0 Å². The van der Waals surface area contributed by atoms with Gasteiger partial charge in [-0.05, 0) is 23.8 Å². The first-order valence-corrected chi connectivity index (χ1v) is 7.38. The fraction of sp³-hybridized carbons (Fsp3) is 0.312. The van der Waals surface area contributed by atoms with Gasteiger partial charge in [0.15, 0.2) is 0 Å². The van der Waals surface area contributed by atoms with Gasteiger partial charge in [-0.15, -0.1) is 0 Å². The summed E-state index contributed by atoms with van der Waals surface area (Å²) in [5, 5.41) is 13.8. The van der Waals surface area contributed by atoms with Crippen molar-refractivity contribution in [2.75, 3.05) is 18.5 Å². The van der Waals surface area contributed by atoms with E-state index < -0.39 is 4.92 Å². The summed E-state index contributed by atoms with van der Waals surface area (Å²) < 4.78 is 11.0. The SMILES string of the molecule is O=[N+]([O-])c1ccc(NCc2ccnc(OC3CCOC3)c2)cc1. The van der Waals surface area contributed by atoms with Crippen LogP contribution in [-0.2, 0) is 11.3 Å². The zero-order chi connectivity index (χ0) is 16.1. The number of ether oxygens (including phenoxy) is 2. The van der Waals surface area contributed by atoms with E-state index in [4.69, 9.17) is 9.47 Å². The Bertz CT molecular complexity index is 669. The van der Waals surface area contributed by atoms with E-state index in [1.165, 1.54) is 12.1 Å². The Morgan fingerprint density at radius 2 is 2.17 bits per heavy atom. The lowest BCUT2D eigenvalue weighted by Crippen LogP contribution is -2.16. The third kappa shape index (κ3) is 4.17. The summed E-state index contributed by atoms with van der Waals surface area (Å²) in [4.78, 5) is 14.4. The van der Waals surface area contributed by atoms with Crippen molar-refractivity contribution in [1.82, 2.24) is 4.98 Å². The first-order valence-electron chi connectivity index (χ1n) is 7.38. The quantitative estimate of drug-likeness (QED) is 0.651. The molecule has 1 aliphatic heterocycles. The highest BCUT2D eigenvalue weighted by Crippen LogP contribution is 2.18. The van der Waals surface area contributed by atoms with Crippen LogP contribution in [0.4, 0.5) is 11.4 Å². The maximum atomic E-state index is 10.6. The van der Waals surface area contributed by atoms with E-state index >= 15 is 0 Å². The molecule has 0 aliphatic carbocycles. The maximum Gasteiger partial charge on any atom is 0.269 e. The molecule has 7 heteroatoms. The van der Waals surface area contributed by atoms with Gasteiger partial charge < -0.3 is 14.8 Å². The van der Waals surface area contributed by atoms with Crippen molar-refractivity contribution in [1.29, 1.82) is 0 Å². The molecule has 1 unspecified atom stereocenters. The Morgan fingerprint density at radius 1 is 1.35 bits per heavy atom. The minimum atomic E-state index is -0.414. The molecule has 7 nitrogen and oxygen atoms in total. The smallest absolute Gasteiger partial charge is 0.269 e. The van der Waals surface area contributed by atoms with Crippen LogP contribution in [-0.4, -0.2) is 29.2 Å². The molecule has 2 aromatic rings. The predicted octanol–water partition coefficient (Wildman–Crippen LogP) is 2.77. The Kier molecular flexibility index (Phi) is 4.68. The van der Waals surface area contributed by atoms with E-state index in [-0.39, 0.29) is 11.8 Å². The molecule has 1 aromatic heterocycles. The molecule has 1 fully saturated rings. The van der Waals surface area contributed by atoms with Crippen LogP contribution < -0.4 is 10.1 Å². The number of anilines is 1. The van der Waals surface area contributed by atoms with Gasteiger partial charge in [-0.3, -0.25) is 10.1 Å². The lowest BCUT2D eigenvalue weighted by molar-refractivity contribution is -0.384. The van der Waals surface area contributed by atoms with Crippen molar-refractivity contribution in [3.8, 4) is 5.88 Å². The molecule has 1 aromatic carbocycles. The lowest BCUT2D eigenvalue weighted by atomic mass is 10.2. The highest BCUT2D eigenvalue weighted by Gasteiger charge is 2.17. The first kappa shape index (κ1) is 15.2. The average molecular weight is 315 g/mol. The van der Waals surface area contributed by atoms with Crippen LogP contribution in [0.5, 0.6) is 5.88 Å². The molecule has 3 rings (SSSR count). The monoisotopic (exact) mass is 315 g/mol. The molecule has 1 atom stereocenters. The fourth-order valence-corrected chi connectivity index (χ4v) is 2.31. The first-order chi connectivity index (χ1) is 11.2. The average Bonchev–Trinajstić information content (AvgIpc) is 3.07. The Hall–Kier alpha value is -2.67. The van der Waals surface area contributed by atoms with Gasteiger partial charge in [-0.25, -0.2) is 4.98 Å². The van der Waals surface area contributed by atoms with Gasteiger partial charge in [0.05, 0.1) is 18.1 Å². The number of aromatic nitrogens is 1. The largest absolute Gasteiger partial charge is 0.472 e. The van der Waals surface area contributed by atoms with Gasteiger partial charge in [0, 0.05) is 43.0 Å². The topological polar surface area (TPSA) is 86.5 Å². The van der Waals surface area contributed by atoms with E-state index in [1.54, 1.807) is 18.3 Å². The molecule has 23 heavy (non-hydrogen) atoms. The molecule has 0 saturated carbocycles. The molecular formula is C16H17N3O4. The molecule has 0 radical (unpaired) electrons. The van der Waals surface area contributed by atoms with Crippen LogP contribution in [0.25, 0.3) is 0 Å². The number of benzene rings is 1. The Balaban J connectivity index is 1.58. The van der Waals surface area contributed by atoms with Crippen molar-refractivity contribution in [3.63, 3.8) is 0 Å². The van der Waals surface area contributed by atoms with Gasteiger partial charge in [0.25, 0.3) is 5.69 Å². The van der Waals surface area contributed by atoms with Crippen molar-refractivity contribution in [3.05, 3.63) is 58.3 Å². The molecule has 1 aliphatic rings. The number of hydrogen-bond donors (Lipinski definition) is 1.